The number of aliphatic hydroxyl groups excluding tert-OH is 1. The zero-order valence-electron chi connectivity index (χ0n) is 18.9. The molecule has 1 aliphatic heterocycles. The highest BCUT2D eigenvalue weighted by Gasteiger charge is 2.28. The summed E-state index contributed by atoms with van der Waals surface area (Å²) in [6, 6.07) is 24.6. The number of aliphatic hydroxyl groups is 1. The predicted molar refractivity (Wildman–Crippen MR) is 131 cm³/mol. The molecule has 0 aliphatic carbocycles. The second kappa shape index (κ2) is 11.0. The van der Waals surface area contributed by atoms with Crippen molar-refractivity contribution in [2.24, 2.45) is 5.92 Å². The maximum Gasteiger partial charge on any atom is 0.343 e. The van der Waals surface area contributed by atoms with E-state index in [1.807, 2.05) is 29.2 Å². The van der Waals surface area contributed by atoms with E-state index in [-0.39, 0.29) is 22.3 Å². The van der Waals surface area contributed by atoms with Crippen molar-refractivity contribution in [3.63, 3.8) is 0 Å². The molecule has 6 nitrogen and oxygen atoms in total. The molecular formula is C27H29NO5S. The number of benzene rings is 3. The van der Waals surface area contributed by atoms with Crippen LogP contribution in [0.25, 0.3) is 0 Å². The van der Waals surface area contributed by atoms with Gasteiger partial charge in [0, 0.05) is 13.1 Å². The van der Waals surface area contributed by atoms with Crippen LogP contribution in [0.2, 0.25) is 0 Å². The van der Waals surface area contributed by atoms with Gasteiger partial charge in [-0.2, -0.15) is 0 Å². The van der Waals surface area contributed by atoms with Crippen LogP contribution in [0.5, 0.6) is 5.75 Å². The summed E-state index contributed by atoms with van der Waals surface area (Å²) in [7, 11) is -3.50. The number of carbonyl (C=O) groups excluding carboxylic acids is 1. The lowest BCUT2D eigenvalue weighted by Crippen LogP contribution is -2.46. The van der Waals surface area contributed by atoms with Gasteiger partial charge in [0.15, 0.2) is 9.84 Å². The fraction of sp³-hybridized carbons (Fsp3) is 0.296. The number of rotatable bonds is 8. The van der Waals surface area contributed by atoms with Crippen LogP contribution in [0.4, 0.5) is 0 Å². The zero-order valence-corrected chi connectivity index (χ0v) is 19.7. The number of esters is 1. The summed E-state index contributed by atoms with van der Waals surface area (Å²) in [6.07, 6.45) is 1.18. The Bertz CT molecular complexity index is 1180. The van der Waals surface area contributed by atoms with Gasteiger partial charge in [-0.1, -0.05) is 48.5 Å². The molecule has 0 amide bonds. The smallest absolute Gasteiger partial charge is 0.343 e. The summed E-state index contributed by atoms with van der Waals surface area (Å²) >= 11 is 0. The number of carbonyl (C=O) groups is 1. The van der Waals surface area contributed by atoms with Gasteiger partial charge in [0.25, 0.3) is 0 Å². The van der Waals surface area contributed by atoms with Crippen LogP contribution in [0.15, 0.2) is 89.8 Å². The van der Waals surface area contributed by atoms with Gasteiger partial charge in [-0.15, -0.1) is 0 Å². The molecule has 1 fully saturated rings. The minimum absolute atomic E-state index is 0.0355. The van der Waals surface area contributed by atoms with Crippen LogP contribution in [0, 0.1) is 5.92 Å². The second-order valence-corrected chi connectivity index (χ2v) is 10.8. The average molecular weight is 480 g/mol. The van der Waals surface area contributed by atoms with E-state index in [4.69, 9.17) is 4.74 Å². The van der Waals surface area contributed by atoms with E-state index >= 15 is 0 Å². The minimum atomic E-state index is -3.50. The Kier molecular flexibility index (Phi) is 7.77. The highest BCUT2D eigenvalue weighted by atomic mass is 32.2. The number of nitrogens with zero attached hydrogens (tertiary/aromatic N) is 1. The third-order valence-corrected chi connectivity index (χ3v) is 7.94. The number of hydrogen-bond acceptors (Lipinski definition) is 6. The average Bonchev–Trinajstić information content (AvgIpc) is 2.86. The first-order valence-corrected chi connectivity index (χ1v) is 13.1. The SMILES string of the molecule is O=C(Oc1ccc(S(=O)(=O)CCN2CCC(Cc3ccccc3)C(O)C2)cc1)c1ccccc1. The molecule has 1 aliphatic rings. The van der Waals surface area contributed by atoms with E-state index in [1.165, 1.54) is 29.8 Å². The van der Waals surface area contributed by atoms with E-state index in [0.717, 1.165) is 19.4 Å². The Morgan fingerprint density at radius 1 is 0.941 bits per heavy atom. The minimum Gasteiger partial charge on any atom is -0.423 e. The molecule has 0 bridgehead atoms. The molecule has 7 heteroatoms. The zero-order chi connectivity index (χ0) is 24.0. The molecule has 0 spiro atoms. The van der Waals surface area contributed by atoms with Gasteiger partial charge in [0.2, 0.25) is 0 Å². The van der Waals surface area contributed by atoms with Crippen molar-refractivity contribution in [3.05, 3.63) is 96.1 Å². The topological polar surface area (TPSA) is 83.9 Å². The third-order valence-electron chi connectivity index (χ3n) is 6.23. The fourth-order valence-electron chi connectivity index (χ4n) is 4.23. The summed E-state index contributed by atoms with van der Waals surface area (Å²) in [5, 5.41) is 10.6. The Labute approximate surface area is 200 Å². The maximum absolute atomic E-state index is 12.8. The number of ether oxygens (including phenoxy) is 1. The van der Waals surface area contributed by atoms with Gasteiger partial charge in [0.05, 0.1) is 22.3 Å². The van der Waals surface area contributed by atoms with E-state index in [1.54, 1.807) is 24.3 Å². The van der Waals surface area contributed by atoms with E-state index in [0.29, 0.717) is 18.7 Å². The van der Waals surface area contributed by atoms with Crippen molar-refractivity contribution < 1.29 is 23.1 Å². The van der Waals surface area contributed by atoms with Crippen LogP contribution in [0.1, 0.15) is 22.3 Å². The molecule has 4 rings (SSSR count). The first-order chi connectivity index (χ1) is 16.4. The third kappa shape index (κ3) is 6.32. The number of hydrogen-bond donors (Lipinski definition) is 1. The summed E-state index contributed by atoms with van der Waals surface area (Å²) < 4.78 is 31.0. The molecule has 0 aromatic heterocycles. The van der Waals surface area contributed by atoms with Gasteiger partial charge >= 0.3 is 5.97 Å². The molecule has 34 heavy (non-hydrogen) atoms. The molecule has 1 N–H and O–H groups in total. The molecule has 3 aromatic rings. The number of piperidine rings is 1. The van der Waals surface area contributed by atoms with Crippen LogP contribution in [-0.4, -0.2) is 55.9 Å². The fourth-order valence-corrected chi connectivity index (χ4v) is 5.51. The first-order valence-electron chi connectivity index (χ1n) is 11.4. The highest BCUT2D eigenvalue weighted by Crippen LogP contribution is 2.23. The normalized spacial score (nSPS) is 19.0. The second-order valence-electron chi connectivity index (χ2n) is 8.65. The molecular weight excluding hydrogens is 450 g/mol. The van der Waals surface area contributed by atoms with E-state index < -0.39 is 21.9 Å². The van der Waals surface area contributed by atoms with Gasteiger partial charge in [-0.3, -0.25) is 4.90 Å². The van der Waals surface area contributed by atoms with E-state index in [9.17, 15) is 18.3 Å². The predicted octanol–water partition coefficient (Wildman–Crippen LogP) is 3.61. The number of sulfone groups is 1. The molecule has 0 saturated carbocycles. The Hall–Kier alpha value is -3.00. The molecule has 2 atom stereocenters. The maximum atomic E-state index is 12.8. The summed E-state index contributed by atoms with van der Waals surface area (Å²) in [6.45, 7) is 1.60. The van der Waals surface area contributed by atoms with Gasteiger partial charge < -0.3 is 9.84 Å². The summed E-state index contributed by atoms with van der Waals surface area (Å²) in [4.78, 5) is 14.4. The molecule has 0 radical (unpaired) electrons. The lowest BCUT2D eigenvalue weighted by molar-refractivity contribution is 0.0245. The van der Waals surface area contributed by atoms with Crippen molar-refractivity contribution in [2.75, 3.05) is 25.4 Å². The highest BCUT2D eigenvalue weighted by molar-refractivity contribution is 7.91. The van der Waals surface area contributed by atoms with Gasteiger partial charge in [0.1, 0.15) is 5.75 Å². The monoisotopic (exact) mass is 479 g/mol. The number of likely N-dealkylation sites (tertiary alicyclic amines) is 1. The van der Waals surface area contributed by atoms with Gasteiger partial charge in [-0.05, 0) is 67.3 Å². The molecule has 3 aromatic carbocycles. The summed E-state index contributed by atoms with van der Waals surface area (Å²) in [5.74, 6) is -0.0603. The largest absolute Gasteiger partial charge is 0.423 e. The van der Waals surface area contributed by atoms with Gasteiger partial charge in [-0.25, -0.2) is 13.2 Å². The number of β-amino-alcohol motifs (C(OH)–C–C–N with tert-alkyl or cyclic N) is 1. The van der Waals surface area contributed by atoms with Crippen LogP contribution in [0.3, 0.4) is 0 Å². The lowest BCUT2D eigenvalue weighted by Gasteiger charge is -2.36. The van der Waals surface area contributed by atoms with E-state index in [2.05, 4.69) is 12.1 Å². The standard InChI is InChI=1S/C27H29NO5S/c29-26-20-28(16-15-23(26)19-21-7-3-1-4-8-21)17-18-34(31,32)25-13-11-24(12-14-25)33-27(30)22-9-5-2-6-10-22/h1-14,23,26,29H,15-20H2. The molecule has 178 valence electrons. The van der Waals surface area contributed by atoms with Crippen LogP contribution in [-0.2, 0) is 16.3 Å². The van der Waals surface area contributed by atoms with Crippen molar-refractivity contribution >= 4 is 15.8 Å². The first kappa shape index (κ1) is 24.1. The Morgan fingerprint density at radius 2 is 1.59 bits per heavy atom. The Balaban J connectivity index is 1.28. The molecule has 1 heterocycles. The summed E-state index contributed by atoms with van der Waals surface area (Å²) in [5.41, 5.74) is 1.63. The van der Waals surface area contributed by atoms with Crippen molar-refractivity contribution in [1.82, 2.24) is 4.90 Å². The van der Waals surface area contributed by atoms with Crippen molar-refractivity contribution in [3.8, 4) is 5.75 Å². The van der Waals surface area contributed by atoms with Crippen molar-refractivity contribution in [2.45, 2.75) is 23.8 Å². The quantitative estimate of drug-likeness (QED) is 0.393. The molecule has 1 saturated heterocycles. The molecule has 2 unspecified atom stereocenters. The van der Waals surface area contributed by atoms with Crippen LogP contribution >= 0.6 is 0 Å². The Morgan fingerprint density at radius 3 is 2.24 bits per heavy atom. The van der Waals surface area contributed by atoms with Crippen molar-refractivity contribution in [1.29, 1.82) is 0 Å². The lowest BCUT2D eigenvalue weighted by atomic mass is 9.88. The van der Waals surface area contributed by atoms with Crippen LogP contribution < -0.4 is 4.74 Å².